The van der Waals surface area contributed by atoms with Crippen LogP contribution in [0.25, 0.3) is 10.9 Å². The number of halogens is 1. The van der Waals surface area contributed by atoms with Gasteiger partial charge in [0.25, 0.3) is 11.8 Å². The van der Waals surface area contributed by atoms with Crippen LogP contribution in [0.4, 0.5) is 4.39 Å². The van der Waals surface area contributed by atoms with Gasteiger partial charge in [-0.25, -0.2) is 4.39 Å². The molecule has 37 heavy (non-hydrogen) atoms. The van der Waals surface area contributed by atoms with Crippen LogP contribution in [0.1, 0.15) is 53.7 Å². The minimum absolute atomic E-state index is 0.0902. The third-order valence-corrected chi connectivity index (χ3v) is 7.94. The van der Waals surface area contributed by atoms with Crippen molar-refractivity contribution in [1.82, 2.24) is 14.8 Å². The van der Waals surface area contributed by atoms with Gasteiger partial charge >= 0.3 is 0 Å². The fourth-order valence-electron chi connectivity index (χ4n) is 6.00. The van der Waals surface area contributed by atoms with E-state index in [1.54, 1.807) is 17.0 Å². The van der Waals surface area contributed by atoms with Crippen LogP contribution in [-0.2, 0) is 23.4 Å². The number of hydrogen-bond acceptors (Lipinski definition) is 2. The lowest BCUT2D eigenvalue weighted by molar-refractivity contribution is -0.136. The van der Waals surface area contributed by atoms with Gasteiger partial charge in [0.05, 0.1) is 6.54 Å². The van der Waals surface area contributed by atoms with Gasteiger partial charge in [-0.1, -0.05) is 79.9 Å². The van der Waals surface area contributed by atoms with Crippen LogP contribution in [0.2, 0.25) is 0 Å². The maximum Gasteiger partial charge on any atom is 0.272 e. The molecule has 0 saturated heterocycles. The van der Waals surface area contributed by atoms with Crippen molar-refractivity contribution in [3.05, 3.63) is 108 Å². The molecule has 0 spiro atoms. The molecule has 5 nitrogen and oxygen atoms in total. The van der Waals surface area contributed by atoms with Gasteiger partial charge in [0.2, 0.25) is 0 Å². The molecule has 3 aromatic carbocycles. The first kappa shape index (κ1) is 23.5. The second-order valence-corrected chi connectivity index (χ2v) is 10.2. The smallest absolute Gasteiger partial charge is 0.272 e. The highest BCUT2D eigenvalue weighted by Gasteiger charge is 2.52. The quantitative estimate of drug-likeness (QED) is 0.382. The maximum absolute atomic E-state index is 14.5. The van der Waals surface area contributed by atoms with Crippen LogP contribution in [0.15, 0.2) is 84.9 Å². The molecule has 2 heterocycles. The van der Waals surface area contributed by atoms with E-state index >= 15 is 0 Å². The topological polar surface area (TPSA) is 54.3 Å². The molecule has 2 aliphatic rings. The van der Waals surface area contributed by atoms with E-state index in [0.29, 0.717) is 12.2 Å². The van der Waals surface area contributed by atoms with Crippen LogP contribution in [0, 0.1) is 5.82 Å². The molecule has 1 atom stereocenters. The summed E-state index contributed by atoms with van der Waals surface area (Å²) in [5.41, 5.74) is 1.75. The van der Waals surface area contributed by atoms with Crippen molar-refractivity contribution < 1.29 is 14.0 Å². The van der Waals surface area contributed by atoms with Crippen LogP contribution in [0.5, 0.6) is 0 Å². The molecule has 2 amide bonds. The number of nitrogens with one attached hydrogen (secondary N) is 1. The number of para-hydroxylation sites is 1. The monoisotopic (exact) mass is 495 g/mol. The van der Waals surface area contributed by atoms with Crippen molar-refractivity contribution >= 4 is 22.7 Å². The van der Waals surface area contributed by atoms with Gasteiger partial charge in [-0.15, -0.1) is 0 Å². The summed E-state index contributed by atoms with van der Waals surface area (Å²) in [5.74, 6) is -0.711. The average molecular weight is 496 g/mol. The molecule has 1 aliphatic carbocycles. The number of amides is 2. The molecule has 4 aromatic rings. The fraction of sp³-hybridized carbons (Fsp3) is 0.290. The van der Waals surface area contributed by atoms with Crippen molar-refractivity contribution in [2.24, 2.45) is 0 Å². The Morgan fingerprint density at radius 3 is 2.38 bits per heavy atom. The minimum atomic E-state index is -1.26. The van der Waals surface area contributed by atoms with Crippen LogP contribution >= 0.6 is 0 Å². The Morgan fingerprint density at radius 2 is 1.62 bits per heavy atom. The number of carbonyl (C=O) groups is 2. The van der Waals surface area contributed by atoms with Crippen molar-refractivity contribution in [2.75, 3.05) is 0 Å². The van der Waals surface area contributed by atoms with E-state index in [9.17, 15) is 14.0 Å². The number of fused-ring (bicyclic) bond motifs is 3. The van der Waals surface area contributed by atoms with Crippen LogP contribution in [0.3, 0.4) is 0 Å². The van der Waals surface area contributed by atoms with E-state index in [2.05, 4.69) is 5.32 Å². The predicted octanol–water partition coefficient (Wildman–Crippen LogP) is 5.78. The summed E-state index contributed by atoms with van der Waals surface area (Å²) in [6.07, 6.45) is 5.26. The normalized spacial score (nSPS) is 20.1. The third kappa shape index (κ3) is 4.10. The summed E-state index contributed by atoms with van der Waals surface area (Å²) < 4.78 is 15.7. The van der Waals surface area contributed by atoms with E-state index in [-0.39, 0.29) is 30.2 Å². The van der Waals surface area contributed by atoms with E-state index in [1.807, 2.05) is 65.2 Å². The minimum Gasteiger partial charge on any atom is -0.351 e. The molecule has 6 rings (SSSR count). The highest BCUT2D eigenvalue weighted by atomic mass is 19.1. The zero-order chi connectivity index (χ0) is 25.4. The summed E-state index contributed by atoms with van der Waals surface area (Å²) in [7, 11) is 0. The fourth-order valence-corrected chi connectivity index (χ4v) is 6.00. The summed E-state index contributed by atoms with van der Waals surface area (Å²) in [6.45, 7) is 0.485. The number of rotatable bonds is 5. The molecular weight excluding hydrogens is 465 g/mol. The lowest BCUT2D eigenvalue weighted by atomic mass is 9.83. The average Bonchev–Trinajstić information content (AvgIpc) is 3.31. The van der Waals surface area contributed by atoms with Crippen molar-refractivity contribution in [3.8, 4) is 0 Å². The SMILES string of the molecule is O=C1c2cc3ccccc3n2C[C@@](C(=O)NC2CCCCC2)(c2ccccc2)N1Cc1ccc(F)cc1. The second-order valence-electron chi connectivity index (χ2n) is 10.2. The summed E-state index contributed by atoms with van der Waals surface area (Å²) >= 11 is 0. The van der Waals surface area contributed by atoms with Gasteiger partial charge in [0.15, 0.2) is 5.54 Å². The first-order valence-corrected chi connectivity index (χ1v) is 13.1. The number of carbonyl (C=O) groups excluding carboxylic acids is 2. The van der Waals surface area contributed by atoms with Gasteiger partial charge in [-0.3, -0.25) is 9.59 Å². The summed E-state index contributed by atoms with van der Waals surface area (Å²) in [4.78, 5) is 30.5. The molecular formula is C31H30FN3O2. The highest BCUT2D eigenvalue weighted by Crippen LogP contribution is 2.40. The second kappa shape index (κ2) is 9.51. The third-order valence-electron chi connectivity index (χ3n) is 7.94. The van der Waals surface area contributed by atoms with E-state index < -0.39 is 5.54 Å². The van der Waals surface area contributed by atoms with Crippen molar-refractivity contribution in [1.29, 1.82) is 0 Å². The lowest BCUT2D eigenvalue weighted by Crippen LogP contribution is -2.64. The maximum atomic E-state index is 14.5. The predicted molar refractivity (Wildman–Crippen MR) is 141 cm³/mol. The number of aromatic nitrogens is 1. The molecule has 1 fully saturated rings. The number of benzene rings is 3. The van der Waals surface area contributed by atoms with Gasteiger partial charge in [0, 0.05) is 23.5 Å². The number of nitrogens with zero attached hydrogens (tertiary/aromatic N) is 2. The Balaban J connectivity index is 1.53. The molecule has 0 bridgehead atoms. The zero-order valence-corrected chi connectivity index (χ0v) is 20.7. The van der Waals surface area contributed by atoms with E-state index in [1.165, 1.54) is 18.6 Å². The summed E-state index contributed by atoms with van der Waals surface area (Å²) in [6, 6.07) is 25.7. The Labute approximate surface area is 215 Å². The van der Waals surface area contributed by atoms with Gasteiger partial charge in [0.1, 0.15) is 11.5 Å². The molecule has 6 heteroatoms. The molecule has 1 saturated carbocycles. The standard InChI is InChI=1S/C31H30FN3O2/c32-25-17-15-22(16-18-25)20-35-29(36)28-19-23-9-7-8-14-27(23)34(28)21-31(35,24-10-3-1-4-11-24)30(37)33-26-12-5-2-6-13-26/h1,3-4,7-11,14-19,26H,2,5-6,12-13,20-21H2,(H,33,37)/t31-/m0/s1. The largest absolute Gasteiger partial charge is 0.351 e. The molecule has 1 N–H and O–H groups in total. The number of hydrogen-bond donors (Lipinski definition) is 1. The Kier molecular flexibility index (Phi) is 6.03. The molecule has 0 radical (unpaired) electrons. The van der Waals surface area contributed by atoms with Crippen LogP contribution in [-0.4, -0.2) is 27.3 Å². The first-order valence-electron chi connectivity index (χ1n) is 13.1. The van der Waals surface area contributed by atoms with E-state index in [4.69, 9.17) is 0 Å². The Bertz CT molecular complexity index is 1440. The molecule has 188 valence electrons. The molecule has 1 aliphatic heterocycles. The zero-order valence-electron chi connectivity index (χ0n) is 20.7. The molecule has 1 aromatic heterocycles. The highest BCUT2D eigenvalue weighted by molar-refractivity contribution is 6.04. The lowest BCUT2D eigenvalue weighted by Gasteiger charge is -2.47. The van der Waals surface area contributed by atoms with Gasteiger partial charge in [-0.05, 0) is 48.2 Å². The summed E-state index contributed by atoms with van der Waals surface area (Å²) in [5, 5.41) is 4.30. The van der Waals surface area contributed by atoms with Crippen LogP contribution < -0.4 is 5.32 Å². The van der Waals surface area contributed by atoms with Gasteiger partial charge < -0.3 is 14.8 Å². The molecule has 0 unspecified atom stereocenters. The van der Waals surface area contributed by atoms with E-state index in [0.717, 1.165) is 47.7 Å². The van der Waals surface area contributed by atoms with Gasteiger partial charge in [-0.2, -0.15) is 0 Å². The van der Waals surface area contributed by atoms with Crippen molar-refractivity contribution in [2.45, 2.75) is 56.8 Å². The Morgan fingerprint density at radius 1 is 0.919 bits per heavy atom. The first-order chi connectivity index (χ1) is 18.1. The van der Waals surface area contributed by atoms with Crippen molar-refractivity contribution in [3.63, 3.8) is 0 Å². The Hall–Kier alpha value is -3.93.